The molecule has 21 heavy (non-hydrogen) atoms. The maximum absolute atomic E-state index is 14.0. The van der Waals surface area contributed by atoms with Crippen LogP contribution in [0.4, 0.5) is 9.18 Å². The molecule has 0 aliphatic heterocycles. The first-order chi connectivity index (χ1) is 9.58. The van der Waals surface area contributed by atoms with Gasteiger partial charge in [0.1, 0.15) is 11.4 Å². The summed E-state index contributed by atoms with van der Waals surface area (Å²) in [6.45, 7) is 6.78. The van der Waals surface area contributed by atoms with E-state index in [9.17, 15) is 14.0 Å². The standard InChI is InChI=1S/C15H20FNO4/c1-9-5-6-10(11(16)7-9)12(8-13(18)19)17-14(20)21-15(2,3)4/h5-7,12H,8H2,1-4H3,(H,17,20)(H,18,19)/t12-/m0/s1. The Hall–Kier alpha value is -2.11. The molecule has 0 radical (unpaired) electrons. The van der Waals surface area contributed by atoms with E-state index in [1.54, 1.807) is 33.8 Å². The molecule has 0 unspecified atom stereocenters. The van der Waals surface area contributed by atoms with Gasteiger partial charge in [0.2, 0.25) is 0 Å². The Labute approximate surface area is 123 Å². The number of carbonyl (C=O) groups is 2. The first kappa shape index (κ1) is 16.9. The average molecular weight is 297 g/mol. The molecule has 0 aliphatic carbocycles. The zero-order valence-electron chi connectivity index (χ0n) is 12.6. The minimum atomic E-state index is -1.14. The van der Waals surface area contributed by atoms with Gasteiger partial charge in [-0.3, -0.25) is 4.79 Å². The van der Waals surface area contributed by atoms with E-state index in [1.165, 1.54) is 12.1 Å². The maximum Gasteiger partial charge on any atom is 0.408 e. The summed E-state index contributed by atoms with van der Waals surface area (Å²) in [5, 5.41) is 11.3. The van der Waals surface area contributed by atoms with Gasteiger partial charge >= 0.3 is 12.1 Å². The third-order valence-corrected chi connectivity index (χ3v) is 2.60. The van der Waals surface area contributed by atoms with Gasteiger partial charge in [0.15, 0.2) is 0 Å². The largest absolute Gasteiger partial charge is 0.481 e. The van der Waals surface area contributed by atoms with Crippen molar-refractivity contribution >= 4 is 12.1 Å². The summed E-state index contributed by atoms with van der Waals surface area (Å²) in [6, 6.07) is 3.43. The van der Waals surface area contributed by atoms with Gasteiger partial charge in [-0.2, -0.15) is 0 Å². The molecule has 0 saturated carbocycles. The molecule has 116 valence electrons. The molecule has 0 aliphatic rings. The van der Waals surface area contributed by atoms with Crippen molar-refractivity contribution < 1.29 is 23.8 Å². The van der Waals surface area contributed by atoms with E-state index in [-0.39, 0.29) is 5.56 Å². The van der Waals surface area contributed by atoms with Crippen molar-refractivity contribution in [1.29, 1.82) is 0 Å². The molecule has 1 aromatic carbocycles. The van der Waals surface area contributed by atoms with E-state index >= 15 is 0 Å². The normalized spacial score (nSPS) is 12.6. The highest BCUT2D eigenvalue weighted by Crippen LogP contribution is 2.22. The number of nitrogens with one attached hydrogen (secondary N) is 1. The molecule has 0 aromatic heterocycles. The quantitative estimate of drug-likeness (QED) is 0.895. The number of aryl methyl sites for hydroxylation is 1. The molecule has 0 heterocycles. The highest BCUT2D eigenvalue weighted by atomic mass is 19.1. The Morgan fingerprint density at radius 3 is 2.48 bits per heavy atom. The highest BCUT2D eigenvalue weighted by molar-refractivity contribution is 5.72. The van der Waals surface area contributed by atoms with Crippen LogP contribution in [0.5, 0.6) is 0 Å². The van der Waals surface area contributed by atoms with Crippen LogP contribution in [-0.4, -0.2) is 22.8 Å². The molecule has 0 spiro atoms. The molecule has 1 atom stereocenters. The summed E-state index contributed by atoms with van der Waals surface area (Å²) in [5.74, 6) is -1.70. The van der Waals surface area contributed by atoms with Gasteiger partial charge in [-0.25, -0.2) is 9.18 Å². The van der Waals surface area contributed by atoms with Crippen molar-refractivity contribution in [3.63, 3.8) is 0 Å². The average Bonchev–Trinajstić information content (AvgIpc) is 2.24. The van der Waals surface area contributed by atoms with Gasteiger partial charge < -0.3 is 15.2 Å². The fourth-order valence-corrected chi connectivity index (χ4v) is 1.78. The first-order valence-corrected chi connectivity index (χ1v) is 6.56. The van der Waals surface area contributed by atoms with Crippen LogP contribution >= 0.6 is 0 Å². The fourth-order valence-electron chi connectivity index (χ4n) is 1.78. The van der Waals surface area contributed by atoms with Gasteiger partial charge in [-0.15, -0.1) is 0 Å². The SMILES string of the molecule is Cc1ccc([C@H](CC(=O)O)NC(=O)OC(C)(C)C)c(F)c1. The number of carboxylic acids is 1. The lowest BCUT2D eigenvalue weighted by atomic mass is 10.0. The molecular formula is C15H20FNO4. The lowest BCUT2D eigenvalue weighted by molar-refractivity contribution is -0.137. The van der Waals surface area contributed by atoms with Crippen molar-refractivity contribution in [2.24, 2.45) is 0 Å². The molecule has 2 N–H and O–H groups in total. The van der Waals surface area contributed by atoms with Gasteiger partial charge in [0, 0.05) is 5.56 Å². The van der Waals surface area contributed by atoms with Crippen LogP contribution in [0, 0.1) is 12.7 Å². The second-order valence-corrected chi connectivity index (χ2v) is 5.82. The van der Waals surface area contributed by atoms with E-state index in [0.717, 1.165) is 0 Å². The van der Waals surface area contributed by atoms with Crippen LogP contribution in [0.15, 0.2) is 18.2 Å². The van der Waals surface area contributed by atoms with Gasteiger partial charge in [0.25, 0.3) is 0 Å². The minimum absolute atomic E-state index is 0.119. The zero-order chi connectivity index (χ0) is 16.2. The van der Waals surface area contributed by atoms with Crippen molar-refractivity contribution in [2.45, 2.75) is 45.8 Å². The number of benzene rings is 1. The summed E-state index contributed by atoms with van der Waals surface area (Å²) in [4.78, 5) is 22.7. The Morgan fingerprint density at radius 1 is 1.38 bits per heavy atom. The van der Waals surface area contributed by atoms with Crippen molar-refractivity contribution in [2.75, 3.05) is 0 Å². The van der Waals surface area contributed by atoms with Crippen molar-refractivity contribution in [1.82, 2.24) is 5.32 Å². The lowest BCUT2D eigenvalue weighted by Crippen LogP contribution is -2.36. The predicted octanol–water partition coefficient (Wildman–Crippen LogP) is 3.17. The monoisotopic (exact) mass is 297 g/mol. The second-order valence-electron chi connectivity index (χ2n) is 5.82. The third kappa shape index (κ3) is 5.81. The Balaban J connectivity index is 2.95. The lowest BCUT2D eigenvalue weighted by Gasteiger charge is -2.23. The topological polar surface area (TPSA) is 75.6 Å². The molecule has 6 heteroatoms. The number of carboxylic acid groups (broad SMARTS) is 1. The van der Waals surface area contributed by atoms with Crippen LogP contribution in [0.1, 0.15) is 44.4 Å². The Kier molecular flexibility index (Phi) is 5.29. The predicted molar refractivity (Wildman–Crippen MR) is 75.5 cm³/mol. The number of alkyl carbamates (subject to hydrolysis) is 1. The van der Waals surface area contributed by atoms with Gasteiger partial charge in [-0.1, -0.05) is 12.1 Å². The number of hydrogen-bond acceptors (Lipinski definition) is 3. The molecule has 1 rings (SSSR count). The molecule has 0 fully saturated rings. The fraction of sp³-hybridized carbons (Fsp3) is 0.467. The van der Waals surface area contributed by atoms with Crippen LogP contribution < -0.4 is 5.32 Å². The molecule has 1 aromatic rings. The molecule has 0 bridgehead atoms. The highest BCUT2D eigenvalue weighted by Gasteiger charge is 2.24. The van der Waals surface area contributed by atoms with E-state index < -0.39 is 35.9 Å². The van der Waals surface area contributed by atoms with Crippen LogP contribution in [-0.2, 0) is 9.53 Å². The number of aliphatic carboxylic acids is 1. The number of ether oxygens (including phenoxy) is 1. The number of halogens is 1. The summed E-state index contributed by atoms with van der Waals surface area (Å²) in [7, 11) is 0. The zero-order valence-corrected chi connectivity index (χ0v) is 12.6. The second kappa shape index (κ2) is 6.56. The summed E-state index contributed by atoms with van der Waals surface area (Å²) >= 11 is 0. The number of carbonyl (C=O) groups excluding carboxylic acids is 1. The van der Waals surface area contributed by atoms with Gasteiger partial charge in [0.05, 0.1) is 12.5 Å². The van der Waals surface area contributed by atoms with E-state index in [2.05, 4.69) is 5.32 Å². The van der Waals surface area contributed by atoms with E-state index in [1.807, 2.05) is 0 Å². The van der Waals surface area contributed by atoms with Crippen LogP contribution in [0.25, 0.3) is 0 Å². The van der Waals surface area contributed by atoms with Crippen LogP contribution in [0.3, 0.4) is 0 Å². The van der Waals surface area contributed by atoms with Crippen molar-refractivity contribution in [3.8, 4) is 0 Å². The summed E-state index contributed by atoms with van der Waals surface area (Å²) < 4.78 is 19.0. The molecule has 5 nitrogen and oxygen atoms in total. The Morgan fingerprint density at radius 2 is 2.00 bits per heavy atom. The summed E-state index contributed by atoms with van der Waals surface area (Å²) in [5.41, 5.74) is 0.111. The molecular weight excluding hydrogens is 277 g/mol. The van der Waals surface area contributed by atoms with Gasteiger partial charge in [-0.05, 0) is 39.3 Å². The third-order valence-electron chi connectivity index (χ3n) is 2.60. The smallest absolute Gasteiger partial charge is 0.408 e. The maximum atomic E-state index is 14.0. The van der Waals surface area contributed by atoms with Crippen LogP contribution in [0.2, 0.25) is 0 Å². The van der Waals surface area contributed by atoms with E-state index in [4.69, 9.17) is 9.84 Å². The number of amides is 1. The number of rotatable bonds is 4. The first-order valence-electron chi connectivity index (χ1n) is 6.56. The molecule has 1 amide bonds. The molecule has 0 saturated heterocycles. The minimum Gasteiger partial charge on any atom is -0.481 e. The summed E-state index contributed by atoms with van der Waals surface area (Å²) in [6.07, 6.45) is -1.21. The van der Waals surface area contributed by atoms with E-state index in [0.29, 0.717) is 5.56 Å². The Bertz CT molecular complexity index is 537. The number of hydrogen-bond donors (Lipinski definition) is 2. The van der Waals surface area contributed by atoms with Crippen molar-refractivity contribution in [3.05, 3.63) is 35.1 Å².